The van der Waals surface area contributed by atoms with Crippen molar-refractivity contribution in [3.05, 3.63) is 77.9 Å². The molecule has 1 saturated heterocycles. The van der Waals surface area contributed by atoms with Gasteiger partial charge in [0, 0.05) is 66.8 Å². The van der Waals surface area contributed by atoms with E-state index in [9.17, 15) is 0 Å². The van der Waals surface area contributed by atoms with Gasteiger partial charge >= 0.3 is 0 Å². The van der Waals surface area contributed by atoms with E-state index >= 15 is 0 Å². The maximum Gasteiger partial charge on any atom is 0.144 e. The molecule has 9 heteroatoms. The van der Waals surface area contributed by atoms with Gasteiger partial charge in [0.1, 0.15) is 11.6 Å². The van der Waals surface area contributed by atoms with Crippen LogP contribution in [-0.2, 0) is 6.54 Å². The minimum atomic E-state index is 0.469. The molecule has 5 rings (SSSR count). The lowest BCUT2D eigenvalue weighted by atomic mass is 10.0. The Morgan fingerprint density at radius 2 is 1.89 bits per heavy atom. The molecule has 0 atom stereocenters. The zero-order valence-corrected chi connectivity index (χ0v) is 22.7. The van der Waals surface area contributed by atoms with E-state index in [1.165, 1.54) is 19.3 Å². The standard InChI is InChI=1S/C29H33ClN8/c1-18-13-32-25(11-22(18)20(3)31)23-16-38(29-28(23)21(4)36(5)17-34-29)15-19(2)35-26-12-27(33-14-24(26)30)37-9-7-6-8-10-37/h11-14,16-17H,2-4,6-10,15,31H2,1,5H3,(H,33,35). The van der Waals surface area contributed by atoms with Gasteiger partial charge in [0.05, 0.1) is 41.0 Å². The van der Waals surface area contributed by atoms with E-state index in [0.29, 0.717) is 17.3 Å². The number of aryl methyl sites for hydroxylation is 1. The number of rotatable bonds is 7. The molecule has 0 amide bonds. The average Bonchev–Trinajstić information content (AvgIpc) is 3.26. The third-order valence-electron chi connectivity index (χ3n) is 7.04. The van der Waals surface area contributed by atoms with Crippen molar-refractivity contribution in [2.24, 2.45) is 10.7 Å². The molecule has 2 aliphatic rings. The van der Waals surface area contributed by atoms with E-state index in [-0.39, 0.29) is 0 Å². The largest absolute Gasteiger partial charge is 0.399 e. The molecular formula is C29H33ClN8. The summed E-state index contributed by atoms with van der Waals surface area (Å²) in [6.07, 6.45) is 10.9. The molecule has 1 fully saturated rings. The van der Waals surface area contributed by atoms with Crippen LogP contribution in [0.3, 0.4) is 0 Å². The highest BCUT2D eigenvalue weighted by molar-refractivity contribution is 6.33. The maximum atomic E-state index is 6.51. The van der Waals surface area contributed by atoms with Crippen molar-refractivity contribution in [2.75, 3.05) is 30.4 Å². The highest BCUT2D eigenvalue weighted by Crippen LogP contribution is 2.41. The van der Waals surface area contributed by atoms with Crippen LogP contribution in [0.25, 0.3) is 22.7 Å². The topological polar surface area (TPSA) is 87.6 Å². The molecule has 5 heterocycles. The van der Waals surface area contributed by atoms with Gasteiger partial charge in [0.15, 0.2) is 0 Å². The number of piperidine rings is 1. The first-order chi connectivity index (χ1) is 18.2. The fraction of sp³-hybridized carbons (Fsp3) is 0.276. The first-order valence-electron chi connectivity index (χ1n) is 12.7. The Morgan fingerprint density at radius 3 is 2.63 bits per heavy atom. The van der Waals surface area contributed by atoms with Gasteiger partial charge < -0.3 is 25.4 Å². The summed E-state index contributed by atoms with van der Waals surface area (Å²) in [4.78, 5) is 18.2. The lowest BCUT2D eigenvalue weighted by Crippen LogP contribution is -2.30. The van der Waals surface area contributed by atoms with Gasteiger partial charge in [-0.05, 0) is 37.8 Å². The molecule has 196 valence electrons. The molecule has 0 saturated carbocycles. The minimum absolute atomic E-state index is 0.469. The summed E-state index contributed by atoms with van der Waals surface area (Å²) in [5, 5.41) is 3.95. The molecule has 2 aliphatic heterocycles. The number of nitrogens with two attached hydrogens (primary N) is 1. The quantitative estimate of drug-likeness (QED) is 0.389. The summed E-state index contributed by atoms with van der Waals surface area (Å²) in [5.41, 5.74) is 13.4. The van der Waals surface area contributed by atoms with Crippen LogP contribution >= 0.6 is 11.6 Å². The van der Waals surface area contributed by atoms with E-state index in [4.69, 9.17) is 27.3 Å². The van der Waals surface area contributed by atoms with Gasteiger partial charge in [-0.1, -0.05) is 31.3 Å². The van der Waals surface area contributed by atoms with Crippen molar-refractivity contribution in [3.63, 3.8) is 0 Å². The number of nitrogens with zero attached hydrogens (tertiary/aromatic N) is 6. The second kappa shape index (κ2) is 10.4. The van der Waals surface area contributed by atoms with Crippen molar-refractivity contribution in [3.8, 4) is 11.3 Å². The maximum absolute atomic E-state index is 6.51. The Bertz CT molecular complexity index is 1460. The van der Waals surface area contributed by atoms with E-state index in [1.54, 1.807) is 12.5 Å². The number of allylic oxidation sites excluding steroid dienone is 1. The van der Waals surface area contributed by atoms with E-state index in [0.717, 1.165) is 69.8 Å². The first kappa shape index (κ1) is 25.6. The van der Waals surface area contributed by atoms with Crippen LogP contribution in [0.15, 0.2) is 61.1 Å². The fourth-order valence-electron chi connectivity index (χ4n) is 4.94. The lowest BCUT2D eigenvalue weighted by molar-refractivity contribution is 0.573. The molecule has 38 heavy (non-hydrogen) atoms. The zero-order valence-electron chi connectivity index (χ0n) is 22.0. The van der Waals surface area contributed by atoms with Crippen molar-refractivity contribution in [1.82, 2.24) is 19.4 Å². The lowest BCUT2D eigenvalue weighted by Gasteiger charge is -2.28. The van der Waals surface area contributed by atoms with E-state index < -0.39 is 0 Å². The Morgan fingerprint density at radius 1 is 1.13 bits per heavy atom. The van der Waals surface area contributed by atoms with Crippen LogP contribution in [0.4, 0.5) is 17.3 Å². The van der Waals surface area contributed by atoms with Gasteiger partial charge in [-0.3, -0.25) is 4.98 Å². The number of nitrogens with one attached hydrogen (secondary N) is 1. The summed E-state index contributed by atoms with van der Waals surface area (Å²) in [6.45, 7) is 17.0. The van der Waals surface area contributed by atoms with Crippen LogP contribution in [0.2, 0.25) is 5.02 Å². The molecule has 0 bridgehead atoms. The molecule has 3 aromatic heterocycles. The van der Waals surface area contributed by atoms with Crippen molar-refractivity contribution in [1.29, 1.82) is 0 Å². The predicted molar refractivity (Wildman–Crippen MR) is 159 cm³/mol. The minimum Gasteiger partial charge on any atom is -0.399 e. The van der Waals surface area contributed by atoms with Crippen LogP contribution < -0.4 is 16.0 Å². The van der Waals surface area contributed by atoms with Gasteiger partial charge in [-0.25, -0.2) is 9.98 Å². The van der Waals surface area contributed by atoms with Gasteiger partial charge in [0.25, 0.3) is 0 Å². The number of hydrogen-bond donors (Lipinski definition) is 2. The molecule has 3 N–H and O–H groups in total. The number of aromatic nitrogens is 3. The predicted octanol–water partition coefficient (Wildman–Crippen LogP) is 6.03. The third-order valence-corrected chi connectivity index (χ3v) is 7.34. The number of halogens is 1. The summed E-state index contributed by atoms with van der Waals surface area (Å²) in [6, 6.07) is 3.97. The highest BCUT2D eigenvalue weighted by Gasteiger charge is 2.25. The Hall–Kier alpha value is -4.04. The summed E-state index contributed by atoms with van der Waals surface area (Å²) in [7, 11) is 1.93. The monoisotopic (exact) mass is 528 g/mol. The molecule has 0 radical (unpaired) electrons. The second-order valence-electron chi connectivity index (χ2n) is 9.88. The number of fused-ring (bicyclic) bond motifs is 1. The molecule has 0 unspecified atom stereocenters. The molecule has 8 nitrogen and oxygen atoms in total. The van der Waals surface area contributed by atoms with Crippen molar-refractivity contribution < 1.29 is 0 Å². The van der Waals surface area contributed by atoms with Gasteiger partial charge in [-0.15, -0.1) is 0 Å². The van der Waals surface area contributed by atoms with Gasteiger partial charge in [0.2, 0.25) is 0 Å². The number of pyridine rings is 2. The average molecular weight is 529 g/mol. The van der Waals surface area contributed by atoms with Crippen molar-refractivity contribution in [2.45, 2.75) is 32.7 Å². The number of aliphatic imine (C=N–C) groups is 1. The fourth-order valence-corrected chi connectivity index (χ4v) is 5.09. The summed E-state index contributed by atoms with van der Waals surface area (Å²) in [5.74, 6) is 1.72. The van der Waals surface area contributed by atoms with E-state index in [2.05, 4.69) is 34.9 Å². The van der Waals surface area contributed by atoms with E-state index in [1.807, 2.05) is 48.0 Å². The SMILES string of the molecule is C=C(Cn1cc(-c2cc(C(=C)N)c(C)cn2)c2c1N=CN(C)C2=C)Nc1cc(N2CCCCC2)ncc1Cl. The van der Waals surface area contributed by atoms with Gasteiger partial charge in [-0.2, -0.15) is 0 Å². The Kier molecular flexibility index (Phi) is 6.99. The summed E-state index contributed by atoms with van der Waals surface area (Å²) < 4.78 is 2.05. The van der Waals surface area contributed by atoms with Crippen LogP contribution in [-0.4, -0.2) is 45.9 Å². The normalized spacial score (nSPS) is 15.0. The number of anilines is 2. The molecule has 0 aliphatic carbocycles. The molecular weight excluding hydrogens is 496 g/mol. The second-order valence-corrected chi connectivity index (χ2v) is 10.3. The zero-order chi connectivity index (χ0) is 27.0. The van der Waals surface area contributed by atoms with Crippen LogP contribution in [0.1, 0.15) is 36.0 Å². The highest BCUT2D eigenvalue weighted by atomic mass is 35.5. The summed E-state index contributed by atoms with van der Waals surface area (Å²) >= 11 is 6.51. The molecule has 0 aromatic carbocycles. The molecule has 0 spiro atoms. The first-order valence-corrected chi connectivity index (χ1v) is 13.1. The number of hydrogen-bond acceptors (Lipinski definition) is 7. The Balaban J connectivity index is 1.46. The van der Waals surface area contributed by atoms with Crippen LogP contribution in [0.5, 0.6) is 0 Å². The van der Waals surface area contributed by atoms with Crippen molar-refractivity contribution >= 4 is 46.7 Å². The smallest absolute Gasteiger partial charge is 0.144 e. The Labute approximate surface area is 228 Å². The third kappa shape index (κ3) is 4.91. The van der Waals surface area contributed by atoms with Crippen LogP contribution in [0, 0.1) is 6.92 Å². The molecule has 3 aromatic rings.